The van der Waals surface area contributed by atoms with Crippen molar-refractivity contribution >= 4 is 5.69 Å². The van der Waals surface area contributed by atoms with Crippen molar-refractivity contribution < 1.29 is 4.74 Å². The molecule has 0 amide bonds. The van der Waals surface area contributed by atoms with E-state index >= 15 is 0 Å². The van der Waals surface area contributed by atoms with Crippen LogP contribution in [0.2, 0.25) is 0 Å². The van der Waals surface area contributed by atoms with E-state index in [-0.39, 0.29) is 0 Å². The van der Waals surface area contributed by atoms with Gasteiger partial charge >= 0.3 is 0 Å². The number of hydrogen-bond donors (Lipinski definition) is 1. The van der Waals surface area contributed by atoms with Crippen molar-refractivity contribution in [3.8, 4) is 5.69 Å². The second-order valence-corrected chi connectivity index (χ2v) is 5.33. The lowest BCUT2D eigenvalue weighted by Crippen LogP contribution is -2.37. The summed E-state index contributed by atoms with van der Waals surface area (Å²) in [5.74, 6) is 0. The SMILES string of the molecule is COC1CCCCC1Nc1cccc(-n2ccnc2)c1. The first-order valence-corrected chi connectivity index (χ1v) is 7.24. The molecule has 2 unspecified atom stereocenters. The Morgan fingerprint density at radius 2 is 2.20 bits per heavy atom. The topological polar surface area (TPSA) is 39.1 Å². The summed E-state index contributed by atoms with van der Waals surface area (Å²) in [5, 5.41) is 3.63. The molecule has 0 radical (unpaired) electrons. The molecule has 4 heteroatoms. The van der Waals surface area contributed by atoms with Crippen LogP contribution < -0.4 is 5.32 Å². The Kier molecular flexibility index (Phi) is 4.02. The van der Waals surface area contributed by atoms with Gasteiger partial charge in [0.05, 0.1) is 18.5 Å². The van der Waals surface area contributed by atoms with E-state index in [0.717, 1.165) is 17.8 Å². The Bertz CT molecular complexity index is 538. The molecule has 0 aliphatic heterocycles. The Morgan fingerprint density at radius 1 is 1.30 bits per heavy atom. The molecule has 1 aliphatic rings. The summed E-state index contributed by atoms with van der Waals surface area (Å²) in [4.78, 5) is 4.09. The van der Waals surface area contributed by atoms with Crippen LogP contribution in [0.15, 0.2) is 43.0 Å². The lowest BCUT2D eigenvalue weighted by molar-refractivity contribution is 0.0606. The van der Waals surface area contributed by atoms with Gasteiger partial charge < -0.3 is 14.6 Å². The van der Waals surface area contributed by atoms with Gasteiger partial charge in [0.25, 0.3) is 0 Å². The third-order valence-corrected chi connectivity index (χ3v) is 4.01. The zero-order valence-corrected chi connectivity index (χ0v) is 11.8. The van der Waals surface area contributed by atoms with E-state index in [2.05, 4.69) is 34.6 Å². The van der Waals surface area contributed by atoms with Crippen molar-refractivity contribution in [3.63, 3.8) is 0 Å². The smallest absolute Gasteiger partial charge is 0.0991 e. The lowest BCUT2D eigenvalue weighted by atomic mass is 9.92. The molecule has 0 saturated heterocycles. The summed E-state index contributed by atoms with van der Waals surface area (Å²) in [6, 6.07) is 8.83. The number of nitrogens with zero attached hydrogens (tertiary/aromatic N) is 2. The van der Waals surface area contributed by atoms with Crippen molar-refractivity contribution in [2.45, 2.75) is 37.8 Å². The molecule has 1 N–H and O–H groups in total. The number of imidazole rings is 1. The molecule has 106 valence electrons. The highest BCUT2D eigenvalue weighted by Gasteiger charge is 2.24. The van der Waals surface area contributed by atoms with Gasteiger partial charge in [-0.15, -0.1) is 0 Å². The molecule has 4 nitrogen and oxygen atoms in total. The van der Waals surface area contributed by atoms with Crippen molar-refractivity contribution in [1.29, 1.82) is 0 Å². The molecule has 1 fully saturated rings. The van der Waals surface area contributed by atoms with Crippen LogP contribution in [0.3, 0.4) is 0 Å². The van der Waals surface area contributed by atoms with Gasteiger partial charge in [-0.2, -0.15) is 0 Å². The van der Waals surface area contributed by atoms with Gasteiger partial charge in [-0.25, -0.2) is 4.98 Å². The van der Waals surface area contributed by atoms with E-state index in [1.807, 2.05) is 24.2 Å². The summed E-state index contributed by atoms with van der Waals surface area (Å²) in [6.07, 6.45) is 10.8. The van der Waals surface area contributed by atoms with Crippen molar-refractivity contribution in [2.75, 3.05) is 12.4 Å². The highest BCUT2D eigenvalue weighted by molar-refractivity contribution is 5.51. The molecular weight excluding hydrogens is 250 g/mol. The van der Waals surface area contributed by atoms with Gasteiger partial charge in [-0.05, 0) is 31.0 Å². The first kappa shape index (κ1) is 13.2. The van der Waals surface area contributed by atoms with Crippen LogP contribution in [-0.4, -0.2) is 28.8 Å². The van der Waals surface area contributed by atoms with E-state index < -0.39 is 0 Å². The maximum Gasteiger partial charge on any atom is 0.0991 e. The van der Waals surface area contributed by atoms with E-state index in [0.29, 0.717) is 12.1 Å². The Balaban J connectivity index is 1.75. The van der Waals surface area contributed by atoms with Crippen LogP contribution in [0.5, 0.6) is 0 Å². The van der Waals surface area contributed by atoms with Gasteiger partial charge in [0, 0.05) is 30.9 Å². The molecular formula is C16H21N3O. The number of rotatable bonds is 4. The van der Waals surface area contributed by atoms with Crippen LogP contribution in [0.4, 0.5) is 5.69 Å². The summed E-state index contributed by atoms with van der Waals surface area (Å²) >= 11 is 0. The van der Waals surface area contributed by atoms with Crippen molar-refractivity contribution in [1.82, 2.24) is 9.55 Å². The summed E-state index contributed by atoms with van der Waals surface area (Å²) in [6.45, 7) is 0. The molecule has 20 heavy (non-hydrogen) atoms. The van der Waals surface area contributed by atoms with Gasteiger partial charge in [0.1, 0.15) is 0 Å². The fraction of sp³-hybridized carbons (Fsp3) is 0.438. The molecule has 1 aliphatic carbocycles. The average molecular weight is 271 g/mol. The molecule has 1 aromatic carbocycles. The largest absolute Gasteiger partial charge is 0.380 e. The van der Waals surface area contributed by atoms with Crippen LogP contribution in [0.1, 0.15) is 25.7 Å². The Hall–Kier alpha value is -1.81. The predicted molar refractivity (Wildman–Crippen MR) is 80.2 cm³/mol. The maximum absolute atomic E-state index is 5.60. The average Bonchev–Trinajstić information content (AvgIpc) is 3.02. The van der Waals surface area contributed by atoms with E-state index in [1.165, 1.54) is 19.3 Å². The number of aromatic nitrogens is 2. The highest BCUT2D eigenvalue weighted by Crippen LogP contribution is 2.25. The van der Waals surface area contributed by atoms with E-state index in [9.17, 15) is 0 Å². The zero-order chi connectivity index (χ0) is 13.8. The lowest BCUT2D eigenvalue weighted by Gasteiger charge is -2.31. The van der Waals surface area contributed by atoms with Gasteiger partial charge in [-0.1, -0.05) is 18.9 Å². The number of ether oxygens (including phenoxy) is 1. The van der Waals surface area contributed by atoms with Crippen molar-refractivity contribution in [3.05, 3.63) is 43.0 Å². The van der Waals surface area contributed by atoms with Crippen LogP contribution >= 0.6 is 0 Å². The predicted octanol–water partition coefficient (Wildman–Crippen LogP) is 3.24. The van der Waals surface area contributed by atoms with Gasteiger partial charge in [-0.3, -0.25) is 0 Å². The second kappa shape index (κ2) is 6.09. The minimum absolute atomic E-state index is 0.320. The van der Waals surface area contributed by atoms with Crippen LogP contribution in [-0.2, 0) is 4.74 Å². The van der Waals surface area contributed by atoms with Gasteiger partial charge in [0.15, 0.2) is 0 Å². The molecule has 3 rings (SSSR count). The molecule has 1 aromatic heterocycles. The number of benzene rings is 1. The summed E-state index contributed by atoms with van der Waals surface area (Å²) < 4.78 is 7.61. The van der Waals surface area contributed by atoms with E-state index in [4.69, 9.17) is 4.74 Å². The minimum atomic E-state index is 0.320. The third-order valence-electron chi connectivity index (χ3n) is 4.01. The Labute approximate surface area is 119 Å². The maximum atomic E-state index is 5.60. The van der Waals surface area contributed by atoms with Gasteiger partial charge in [0.2, 0.25) is 0 Å². The quantitative estimate of drug-likeness (QED) is 0.928. The van der Waals surface area contributed by atoms with Crippen molar-refractivity contribution in [2.24, 2.45) is 0 Å². The second-order valence-electron chi connectivity index (χ2n) is 5.33. The monoisotopic (exact) mass is 271 g/mol. The standard InChI is InChI=1S/C16H21N3O/c1-20-16-8-3-2-7-15(16)18-13-5-4-6-14(11-13)19-10-9-17-12-19/h4-6,9-12,15-16,18H,2-3,7-8H2,1H3. The first-order valence-electron chi connectivity index (χ1n) is 7.24. The highest BCUT2D eigenvalue weighted by atomic mass is 16.5. The Morgan fingerprint density at radius 3 is 3.00 bits per heavy atom. The minimum Gasteiger partial charge on any atom is -0.380 e. The fourth-order valence-corrected chi connectivity index (χ4v) is 2.93. The van der Waals surface area contributed by atoms with Crippen LogP contribution in [0.25, 0.3) is 5.69 Å². The summed E-state index contributed by atoms with van der Waals surface area (Å²) in [5.41, 5.74) is 2.27. The first-order chi connectivity index (χ1) is 9.86. The molecule has 2 atom stereocenters. The number of nitrogens with one attached hydrogen (secondary N) is 1. The number of methoxy groups -OCH3 is 1. The fourth-order valence-electron chi connectivity index (χ4n) is 2.93. The van der Waals surface area contributed by atoms with E-state index in [1.54, 1.807) is 6.20 Å². The molecule has 1 heterocycles. The number of hydrogen-bond acceptors (Lipinski definition) is 3. The summed E-state index contributed by atoms with van der Waals surface area (Å²) in [7, 11) is 1.81. The third kappa shape index (κ3) is 2.85. The zero-order valence-electron chi connectivity index (χ0n) is 11.8. The molecule has 0 spiro atoms. The molecule has 2 aromatic rings. The number of anilines is 1. The normalized spacial score (nSPS) is 22.6. The molecule has 1 saturated carbocycles. The van der Waals surface area contributed by atoms with Crippen LogP contribution in [0, 0.1) is 0 Å². The molecule has 0 bridgehead atoms.